The lowest BCUT2D eigenvalue weighted by Crippen LogP contribution is -2.54. The van der Waals surface area contributed by atoms with Crippen LogP contribution in [0.4, 0.5) is 0 Å². The van der Waals surface area contributed by atoms with Crippen LogP contribution in [0.15, 0.2) is 0 Å². The molecule has 0 aliphatic carbocycles. The highest BCUT2D eigenvalue weighted by atomic mass is 35.5. The maximum Gasteiger partial charge on any atom is 0.0205 e. The second-order valence-corrected chi connectivity index (χ2v) is 4.47. The molecule has 2 aliphatic rings. The van der Waals surface area contributed by atoms with Crippen LogP contribution in [-0.2, 0) is 0 Å². The predicted molar refractivity (Wildman–Crippen MR) is 65.8 cm³/mol. The molecule has 0 radical (unpaired) electrons. The molecule has 1 N–H and O–H groups in total. The van der Waals surface area contributed by atoms with Crippen molar-refractivity contribution in [2.75, 3.05) is 26.7 Å². The van der Waals surface area contributed by atoms with Crippen LogP contribution in [0.25, 0.3) is 0 Å². The lowest BCUT2D eigenvalue weighted by Gasteiger charge is -2.44. The van der Waals surface area contributed by atoms with Crippen molar-refractivity contribution in [3.8, 4) is 0 Å². The average Bonchev–Trinajstić information content (AvgIpc) is 2.13. The molecule has 2 aliphatic heterocycles. The van der Waals surface area contributed by atoms with Gasteiger partial charge in [-0.25, -0.2) is 0 Å². The number of nitrogens with zero attached hydrogens (tertiary/aromatic N) is 1. The second kappa shape index (κ2) is 6.16. The number of halogens is 2. The van der Waals surface area contributed by atoms with E-state index < -0.39 is 0 Å². The molecule has 2 fully saturated rings. The fourth-order valence-electron chi connectivity index (χ4n) is 2.50. The van der Waals surface area contributed by atoms with Crippen molar-refractivity contribution >= 4 is 24.8 Å². The molecule has 0 aromatic rings. The van der Waals surface area contributed by atoms with Gasteiger partial charge in [0, 0.05) is 5.54 Å². The molecule has 0 bridgehead atoms. The summed E-state index contributed by atoms with van der Waals surface area (Å²) in [6.45, 7) is 3.82. The van der Waals surface area contributed by atoms with Crippen LogP contribution < -0.4 is 5.32 Å². The van der Waals surface area contributed by atoms with Gasteiger partial charge < -0.3 is 10.2 Å². The first-order chi connectivity index (χ1) is 5.81. The molecule has 0 atom stereocenters. The van der Waals surface area contributed by atoms with Gasteiger partial charge in [-0.2, -0.15) is 0 Å². The number of likely N-dealkylation sites (tertiary alicyclic amines) is 1. The molecular weight excluding hydrogens is 219 g/mol. The van der Waals surface area contributed by atoms with Gasteiger partial charge in [-0.15, -0.1) is 24.8 Å². The van der Waals surface area contributed by atoms with Crippen molar-refractivity contribution in [3.05, 3.63) is 0 Å². The van der Waals surface area contributed by atoms with E-state index in [-0.39, 0.29) is 24.8 Å². The smallest absolute Gasteiger partial charge is 0.0205 e. The first-order valence-electron chi connectivity index (χ1n) is 5.24. The van der Waals surface area contributed by atoms with E-state index in [0.717, 1.165) is 0 Å². The van der Waals surface area contributed by atoms with Crippen molar-refractivity contribution in [3.63, 3.8) is 0 Å². The third-order valence-corrected chi connectivity index (χ3v) is 3.53. The lowest BCUT2D eigenvalue weighted by atomic mass is 9.81. The number of hydrogen-bond donors (Lipinski definition) is 1. The maximum atomic E-state index is 3.73. The van der Waals surface area contributed by atoms with Gasteiger partial charge in [0.05, 0.1) is 0 Å². The Hall–Kier alpha value is 0.500. The Morgan fingerprint density at radius 1 is 1.00 bits per heavy atom. The minimum Gasteiger partial charge on any atom is -0.311 e. The van der Waals surface area contributed by atoms with Crippen LogP contribution in [0.1, 0.15) is 32.1 Å². The monoisotopic (exact) mass is 240 g/mol. The quantitative estimate of drug-likeness (QED) is 0.698. The normalized spacial score (nSPS) is 26.4. The topological polar surface area (TPSA) is 15.3 Å². The summed E-state index contributed by atoms with van der Waals surface area (Å²) in [5.74, 6) is 0. The van der Waals surface area contributed by atoms with Crippen molar-refractivity contribution in [2.45, 2.75) is 37.6 Å². The van der Waals surface area contributed by atoms with E-state index in [1.807, 2.05) is 0 Å². The molecule has 2 saturated heterocycles. The Balaban J connectivity index is 0.000000845. The molecule has 0 aromatic carbocycles. The van der Waals surface area contributed by atoms with E-state index in [1.165, 1.54) is 51.7 Å². The van der Waals surface area contributed by atoms with Gasteiger partial charge in [-0.3, -0.25) is 0 Å². The number of hydrogen-bond acceptors (Lipinski definition) is 2. The van der Waals surface area contributed by atoms with Gasteiger partial charge in [0.15, 0.2) is 0 Å². The molecule has 0 amide bonds. The summed E-state index contributed by atoms with van der Waals surface area (Å²) in [5.41, 5.74) is 0.546. The largest absolute Gasteiger partial charge is 0.311 e. The van der Waals surface area contributed by atoms with Crippen molar-refractivity contribution in [2.24, 2.45) is 0 Å². The summed E-state index contributed by atoms with van der Waals surface area (Å²) in [6.07, 6.45) is 6.97. The molecular formula is C10H22Cl2N2. The fraction of sp³-hybridized carbons (Fsp3) is 1.00. The molecule has 2 nitrogen and oxygen atoms in total. The van der Waals surface area contributed by atoms with Gasteiger partial charge in [0.1, 0.15) is 0 Å². The van der Waals surface area contributed by atoms with E-state index in [4.69, 9.17) is 0 Å². The second-order valence-electron chi connectivity index (χ2n) is 4.47. The third-order valence-electron chi connectivity index (χ3n) is 3.53. The molecule has 1 spiro atoms. The Bertz CT molecular complexity index is 148. The predicted octanol–water partition coefficient (Wildman–Crippen LogP) is 2.07. The zero-order chi connectivity index (χ0) is 8.44. The molecule has 14 heavy (non-hydrogen) atoms. The molecule has 4 heteroatoms. The van der Waals surface area contributed by atoms with Gasteiger partial charge in [0.25, 0.3) is 0 Å². The third kappa shape index (κ3) is 3.27. The zero-order valence-electron chi connectivity index (χ0n) is 8.92. The molecule has 2 heterocycles. The number of piperidine rings is 2. The zero-order valence-corrected chi connectivity index (χ0v) is 10.6. The minimum atomic E-state index is 0. The van der Waals surface area contributed by atoms with E-state index in [0.29, 0.717) is 5.54 Å². The Morgan fingerprint density at radius 2 is 1.64 bits per heavy atom. The minimum absolute atomic E-state index is 0. The summed E-state index contributed by atoms with van der Waals surface area (Å²) >= 11 is 0. The highest BCUT2D eigenvalue weighted by molar-refractivity contribution is 5.85. The van der Waals surface area contributed by atoms with Gasteiger partial charge >= 0.3 is 0 Å². The molecule has 0 saturated carbocycles. The van der Waals surface area contributed by atoms with Crippen LogP contribution in [0.2, 0.25) is 0 Å². The first-order valence-corrected chi connectivity index (χ1v) is 5.24. The summed E-state index contributed by atoms with van der Waals surface area (Å²) in [6, 6.07) is 0. The average molecular weight is 241 g/mol. The van der Waals surface area contributed by atoms with Gasteiger partial charge in [-0.05, 0) is 52.4 Å². The van der Waals surface area contributed by atoms with Crippen LogP contribution in [0.5, 0.6) is 0 Å². The molecule has 0 unspecified atom stereocenters. The van der Waals surface area contributed by atoms with Crippen molar-refractivity contribution < 1.29 is 0 Å². The van der Waals surface area contributed by atoms with Crippen LogP contribution in [-0.4, -0.2) is 37.1 Å². The van der Waals surface area contributed by atoms with Crippen LogP contribution >= 0.6 is 24.8 Å². The summed E-state index contributed by atoms with van der Waals surface area (Å²) in [4.78, 5) is 2.45. The molecule has 86 valence electrons. The van der Waals surface area contributed by atoms with E-state index in [1.54, 1.807) is 0 Å². The van der Waals surface area contributed by atoms with E-state index >= 15 is 0 Å². The number of nitrogens with one attached hydrogen (secondary N) is 1. The molecule has 0 aromatic heterocycles. The van der Waals surface area contributed by atoms with Gasteiger partial charge in [-0.1, -0.05) is 6.42 Å². The van der Waals surface area contributed by atoms with Crippen molar-refractivity contribution in [1.29, 1.82) is 0 Å². The Morgan fingerprint density at radius 3 is 2.14 bits per heavy atom. The Labute approximate surface area is 99.6 Å². The SMILES string of the molecule is CN1CCC2(CCCCN2)CC1.Cl.Cl. The summed E-state index contributed by atoms with van der Waals surface area (Å²) in [5, 5.41) is 3.73. The Kier molecular flexibility index (Phi) is 6.38. The standard InChI is InChI=1S/C10H20N2.2ClH/c1-12-8-5-10(6-9-12)4-2-3-7-11-10;;/h11H,2-9H2,1H3;2*1H. The van der Waals surface area contributed by atoms with Gasteiger partial charge in [0.2, 0.25) is 0 Å². The van der Waals surface area contributed by atoms with E-state index in [9.17, 15) is 0 Å². The fourth-order valence-corrected chi connectivity index (χ4v) is 2.50. The summed E-state index contributed by atoms with van der Waals surface area (Å²) in [7, 11) is 2.23. The van der Waals surface area contributed by atoms with Crippen LogP contribution in [0, 0.1) is 0 Å². The lowest BCUT2D eigenvalue weighted by molar-refractivity contribution is 0.129. The molecule has 2 rings (SSSR count). The highest BCUT2D eigenvalue weighted by Gasteiger charge is 2.33. The van der Waals surface area contributed by atoms with Crippen LogP contribution in [0.3, 0.4) is 0 Å². The highest BCUT2D eigenvalue weighted by Crippen LogP contribution is 2.29. The van der Waals surface area contributed by atoms with E-state index in [2.05, 4.69) is 17.3 Å². The maximum absolute atomic E-state index is 3.73. The van der Waals surface area contributed by atoms with Crippen molar-refractivity contribution in [1.82, 2.24) is 10.2 Å². The number of rotatable bonds is 0. The first kappa shape index (κ1) is 14.5. The summed E-state index contributed by atoms with van der Waals surface area (Å²) < 4.78 is 0.